The second-order valence-corrected chi connectivity index (χ2v) is 12.9. The van der Waals surface area contributed by atoms with Gasteiger partial charge in [-0.25, -0.2) is 4.98 Å². The van der Waals surface area contributed by atoms with Crippen LogP contribution in [0.1, 0.15) is 21.1 Å². The van der Waals surface area contributed by atoms with Gasteiger partial charge in [0.15, 0.2) is 5.15 Å². The Kier molecular flexibility index (Phi) is 8.36. The van der Waals surface area contributed by atoms with Gasteiger partial charge in [-0.05, 0) is 6.92 Å². The zero-order valence-corrected chi connectivity index (χ0v) is 24.7. The van der Waals surface area contributed by atoms with Crippen molar-refractivity contribution in [3.05, 3.63) is 104 Å². The molecule has 0 spiro atoms. The van der Waals surface area contributed by atoms with Crippen molar-refractivity contribution in [2.45, 2.75) is 6.92 Å². The topological polar surface area (TPSA) is 161 Å². The number of benzene rings is 2. The SMILES string of the molecule is Cc1ccc(-c2c(Cl)nc(C#N)n2S(=O)(=O)N(C)C)cc1.N#Cc1sc2c(=O)c3ccccc3c(=O)c=2sc1C#N. The Morgan fingerprint density at radius 3 is 1.76 bits per heavy atom. The van der Waals surface area contributed by atoms with E-state index in [1.807, 2.05) is 31.2 Å². The minimum atomic E-state index is -3.91. The molecule has 1 aliphatic heterocycles. The van der Waals surface area contributed by atoms with Gasteiger partial charge < -0.3 is 0 Å². The van der Waals surface area contributed by atoms with Crippen molar-refractivity contribution >= 4 is 55.3 Å². The van der Waals surface area contributed by atoms with E-state index >= 15 is 0 Å². The Hall–Kier alpha value is -4.42. The molecule has 10 nitrogen and oxygen atoms in total. The van der Waals surface area contributed by atoms with Gasteiger partial charge in [-0.2, -0.15) is 32.5 Å². The number of halogens is 1. The number of nitriles is 3. The van der Waals surface area contributed by atoms with Crippen LogP contribution in [-0.4, -0.2) is 35.8 Å². The molecule has 3 aromatic rings. The summed E-state index contributed by atoms with van der Waals surface area (Å²) in [6.45, 7) is 1.92. The van der Waals surface area contributed by atoms with Gasteiger partial charge in [0.25, 0.3) is 0 Å². The number of aryl methyl sites for hydroxylation is 1. The summed E-state index contributed by atoms with van der Waals surface area (Å²) in [4.78, 5) is 29.0. The molecule has 0 saturated heterocycles. The summed E-state index contributed by atoms with van der Waals surface area (Å²) in [6, 6.07) is 19.3. The number of aromatic nitrogens is 2. The Labute approximate surface area is 246 Å². The fourth-order valence-corrected chi connectivity index (χ4v) is 7.17. The maximum atomic E-state index is 12.4. The summed E-state index contributed by atoms with van der Waals surface area (Å²) < 4.78 is 27.2. The first kappa shape index (κ1) is 29.6. The zero-order valence-electron chi connectivity index (χ0n) is 21.5. The number of hydrogen-bond donors (Lipinski definition) is 0. The highest BCUT2D eigenvalue weighted by atomic mass is 35.5. The third-order valence-corrected chi connectivity index (χ3v) is 10.2. The molecule has 0 fully saturated rings. The third kappa shape index (κ3) is 5.35. The first-order valence-electron chi connectivity index (χ1n) is 11.5. The van der Waals surface area contributed by atoms with Crippen LogP contribution in [0.15, 0.2) is 58.1 Å². The molecule has 0 amide bonds. The third-order valence-electron chi connectivity index (χ3n) is 5.76. The molecule has 5 rings (SSSR count). The lowest BCUT2D eigenvalue weighted by molar-refractivity contribution is 0.510. The van der Waals surface area contributed by atoms with Crippen molar-refractivity contribution in [1.82, 2.24) is 13.3 Å². The summed E-state index contributed by atoms with van der Waals surface area (Å²) in [5.74, 6) is -0.274. The molecule has 0 N–H and O–H groups in total. The molecular weight excluding hydrogens is 604 g/mol. The highest BCUT2D eigenvalue weighted by molar-refractivity contribution is 7.87. The Morgan fingerprint density at radius 1 is 0.854 bits per heavy atom. The maximum absolute atomic E-state index is 12.4. The minimum Gasteiger partial charge on any atom is -0.288 e. The quantitative estimate of drug-likeness (QED) is 0.290. The Morgan fingerprint density at radius 2 is 1.34 bits per heavy atom. The van der Waals surface area contributed by atoms with Crippen LogP contribution in [0.2, 0.25) is 5.15 Å². The van der Waals surface area contributed by atoms with Gasteiger partial charge in [0.2, 0.25) is 16.7 Å². The van der Waals surface area contributed by atoms with Crippen molar-refractivity contribution in [2.75, 3.05) is 14.1 Å². The molecule has 2 aliphatic rings. The second kappa shape index (κ2) is 11.6. The Balaban J connectivity index is 0.000000189. The second-order valence-electron chi connectivity index (χ2n) is 8.56. The number of nitrogens with zero attached hydrogens (tertiary/aromatic N) is 6. The van der Waals surface area contributed by atoms with Crippen LogP contribution in [0.25, 0.3) is 22.0 Å². The molecule has 0 bridgehead atoms. The first-order valence-corrected chi connectivity index (χ1v) is 14.9. The van der Waals surface area contributed by atoms with Crippen LogP contribution in [0.3, 0.4) is 0 Å². The van der Waals surface area contributed by atoms with Gasteiger partial charge in [-0.15, -0.1) is 22.7 Å². The van der Waals surface area contributed by atoms with Crippen LogP contribution in [0.5, 0.6) is 0 Å². The van der Waals surface area contributed by atoms with Gasteiger partial charge in [-0.3, -0.25) is 9.59 Å². The normalized spacial score (nSPS) is 11.0. The average Bonchev–Trinajstić information content (AvgIpc) is 3.32. The van der Waals surface area contributed by atoms with E-state index in [4.69, 9.17) is 27.4 Å². The van der Waals surface area contributed by atoms with E-state index < -0.39 is 10.2 Å². The predicted molar refractivity (Wildman–Crippen MR) is 157 cm³/mol. The summed E-state index contributed by atoms with van der Waals surface area (Å²) in [6.07, 6.45) is 0. The van der Waals surface area contributed by atoms with Gasteiger partial charge in [-0.1, -0.05) is 65.7 Å². The van der Waals surface area contributed by atoms with Crippen LogP contribution in [0.4, 0.5) is 0 Å². The van der Waals surface area contributed by atoms with E-state index in [1.54, 1.807) is 42.5 Å². The standard InChI is InChI=1S/C14H4N2O2S2.C13H13ClN4O2S/c15-5-9-10(6-16)20-14-12(18)8-4-2-1-3-7(8)11(17)13(14)19-9;1-9-4-6-10(7-5-9)12-13(14)16-11(8-15)18(12)21(19,20)17(2)3/h1-4H;4-7H,1-3H3. The van der Waals surface area contributed by atoms with Crippen LogP contribution < -0.4 is 10.9 Å². The first-order chi connectivity index (χ1) is 19.5. The summed E-state index contributed by atoms with van der Waals surface area (Å²) >= 11 is 7.86. The van der Waals surface area contributed by atoms with Crippen LogP contribution in [0, 0.1) is 50.0 Å². The van der Waals surface area contributed by atoms with E-state index in [-0.39, 0.29) is 46.3 Å². The predicted octanol–water partition coefficient (Wildman–Crippen LogP) is 4.19. The largest absolute Gasteiger partial charge is 0.309 e. The summed E-state index contributed by atoms with van der Waals surface area (Å²) in [7, 11) is -1.15. The number of hydrogen-bond acceptors (Lipinski definition) is 10. The van der Waals surface area contributed by atoms with Gasteiger partial charge in [0.05, 0.1) is 9.06 Å². The highest BCUT2D eigenvalue weighted by Gasteiger charge is 2.28. The summed E-state index contributed by atoms with van der Waals surface area (Å²) in [5, 5.41) is 27.8. The smallest absolute Gasteiger partial charge is 0.288 e. The van der Waals surface area contributed by atoms with Gasteiger partial charge in [0, 0.05) is 30.4 Å². The fourth-order valence-electron chi connectivity index (χ4n) is 3.75. The lowest BCUT2D eigenvalue weighted by Gasteiger charge is -2.15. The van der Waals surface area contributed by atoms with Crippen LogP contribution in [-0.2, 0) is 10.2 Å². The number of fused-ring (bicyclic) bond motifs is 1. The van der Waals surface area contributed by atoms with E-state index in [1.165, 1.54) is 14.1 Å². The highest BCUT2D eigenvalue weighted by Crippen LogP contribution is 2.31. The molecule has 41 heavy (non-hydrogen) atoms. The van der Waals surface area contributed by atoms with Crippen molar-refractivity contribution in [3.8, 4) is 29.5 Å². The molecule has 204 valence electrons. The molecule has 0 unspecified atom stereocenters. The monoisotopic (exact) mass is 620 g/mol. The van der Waals surface area contributed by atoms with E-state index in [2.05, 4.69) is 4.98 Å². The van der Waals surface area contributed by atoms with Gasteiger partial charge >= 0.3 is 10.2 Å². The molecule has 1 aliphatic carbocycles. The molecule has 2 aromatic carbocycles. The van der Waals surface area contributed by atoms with Crippen molar-refractivity contribution in [3.63, 3.8) is 0 Å². The molecular formula is C27H17ClN6O4S3. The van der Waals surface area contributed by atoms with Gasteiger partial charge in [0.1, 0.15) is 33.7 Å². The fraction of sp³-hybridized carbons (Fsp3) is 0.111. The van der Waals surface area contributed by atoms with Crippen molar-refractivity contribution < 1.29 is 8.42 Å². The average molecular weight is 621 g/mol. The molecule has 2 heterocycles. The lowest BCUT2D eigenvalue weighted by atomic mass is 10.1. The lowest BCUT2D eigenvalue weighted by Crippen LogP contribution is -2.30. The van der Waals surface area contributed by atoms with E-state index in [0.29, 0.717) is 16.3 Å². The number of rotatable bonds is 3. The molecule has 0 saturated carbocycles. The molecule has 0 atom stereocenters. The van der Waals surface area contributed by atoms with Crippen molar-refractivity contribution in [2.24, 2.45) is 0 Å². The number of imidazole rings is 1. The molecule has 0 radical (unpaired) electrons. The van der Waals surface area contributed by atoms with Crippen molar-refractivity contribution in [1.29, 1.82) is 15.8 Å². The molecule has 14 heteroatoms. The summed E-state index contributed by atoms with van der Waals surface area (Å²) in [5.41, 5.74) is 1.25. The van der Waals surface area contributed by atoms with E-state index in [9.17, 15) is 18.0 Å². The molecule has 1 aromatic heterocycles. The van der Waals surface area contributed by atoms with E-state index in [0.717, 1.165) is 36.5 Å². The maximum Gasteiger partial charge on any atom is 0.309 e. The zero-order chi connectivity index (χ0) is 30.1. The van der Waals surface area contributed by atoms with Crippen LogP contribution >= 0.6 is 34.3 Å². The minimum absolute atomic E-state index is 0.0270. The Bertz CT molecular complexity index is 2160.